The summed E-state index contributed by atoms with van der Waals surface area (Å²) in [5.74, 6) is -0.478. The van der Waals surface area contributed by atoms with Crippen LogP contribution in [0, 0.1) is 0 Å². The first-order chi connectivity index (χ1) is 12.6. The monoisotopic (exact) mass is 353 g/mol. The van der Waals surface area contributed by atoms with E-state index in [1.807, 2.05) is 12.1 Å². The van der Waals surface area contributed by atoms with Crippen LogP contribution in [0.3, 0.4) is 0 Å². The van der Waals surface area contributed by atoms with E-state index < -0.39 is 5.91 Å². The molecule has 3 rings (SSSR count). The minimum atomic E-state index is -0.478. The topological polar surface area (TPSA) is 55.8 Å². The lowest BCUT2D eigenvalue weighted by Gasteiger charge is -2.44. The maximum atomic E-state index is 11.4. The molecule has 2 atom stereocenters. The summed E-state index contributed by atoms with van der Waals surface area (Å²) in [6, 6.07) is 19.0. The third-order valence-electron chi connectivity index (χ3n) is 5.11. The molecule has 2 aromatic carbocycles. The molecule has 26 heavy (non-hydrogen) atoms. The van der Waals surface area contributed by atoms with Crippen molar-refractivity contribution in [1.82, 2.24) is 15.3 Å². The van der Waals surface area contributed by atoms with Gasteiger partial charge in [0.15, 0.2) is 0 Å². The number of amides is 1. The van der Waals surface area contributed by atoms with E-state index in [9.17, 15) is 4.79 Å². The van der Waals surface area contributed by atoms with Gasteiger partial charge < -0.3 is 0 Å². The Hall–Kier alpha value is -2.21. The van der Waals surface area contributed by atoms with Crippen molar-refractivity contribution in [3.63, 3.8) is 0 Å². The Balaban J connectivity index is 1.59. The maximum absolute atomic E-state index is 11.4. The average Bonchev–Trinajstić information content (AvgIpc) is 2.65. The van der Waals surface area contributed by atoms with Crippen molar-refractivity contribution in [2.24, 2.45) is 0 Å². The predicted octanol–water partition coefficient (Wildman–Crippen LogP) is 2.90. The maximum Gasteiger partial charge on any atom is 0.274 e. The fraction of sp³-hybridized carbons (Fsp3) is 0.381. The number of hydroxylamine groups is 1. The summed E-state index contributed by atoms with van der Waals surface area (Å²) in [7, 11) is 0. The van der Waals surface area contributed by atoms with E-state index in [0.29, 0.717) is 17.6 Å². The molecule has 1 heterocycles. The van der Waals surface area contributed by atoms with Crippen LogP contribution in [-0.2, 0) is 13.1 Å². The molecule has 2 aromatic rings. The van der Waals surface area contributed by atoms with Crippen molar-refractivity contribution in [1.29, 1.82) is 0 Å². The number of hydrogen-bond acceptors (Lipinski definition) is 4. The summed E-state index contributed by atoms with van der Waals surface area (Å²) in [5, 5.41) is 8.70. The van der Waals surface area contributed by atoms with Crippen LogP contribution in [0.25, 0.3) is 0 Å². The molecule has 0 aliphatic carbocycles. The lowest BCUT2D eigenvalue weighted by molar-refractivity contribution is 0.0290. The van der Waals surface area contributed by atoms with Crippen LogP contribution in [0.5, 0.6) is 0 Å². The SMILES string of the molecule is C[C@@H]1CN(Cc2ccc(C(=O)NO)cc2)C[C@H](C)N1Cc1ccccc1. The molecule has 1 fully saturated rings. The largest absolute Gasteiger partial charge is 0.296 e. The third kappa shape index (κ3) is 4.49. The van der Waals surface area contributed by atoms with Gasteiger partial charge in [-0.15, -0.1) is 0 Å². The number of rotatable bonds is 5. The molecule has 0 spiro atoms. The van der Waals surface area contributed by atoms with Crippen molar-refractivity contribution in [2.75, 3.05) is 13.1 Å². The zero-order chi connectivity index (χ0) is 18.5. The first-order valence-electron chi connectivity index (χ1n) is 9.12. The molecule has 5 nitrogen and oxygen atoms in total. The Kier molecular flexibility index (Phi) is 6.04. The van der Waals surface area contributed by atoms with Crippen molar-refractivity contribution < 1.29 is 10.0 Å². The highest BCUT2D eigenvalue weighted by molar-refractivity contribution is 5.93. The number of hydrogen-bond donors (Lipinski definition) is 2. The highest BCUT2D eigenvalue weighted by atomic mass is 16.5. The van der Waals surface area contributed by atoms with E-state index in [0.717, 1.165) is 26.2 Å². The Morgan fingerprint density at radius 3 is 2.12 bits per heavy atom. The standard InChI is InChI=1S/C21H27N3O2/c1-16-12-23(14-19-8-10-20(11-9-19)21(25)22-26)13-17(2)24(16)15-18-6-4-3-5-7-18/h3-11,16-17,26H,12-15H2,1-2H3,(H,22,25)/t16-,17+. The van der Waals surface area contributed by atoms with Gasteiger partial charge in [0, 0.05) is 43.8 Å². The van der Waals surface area contributed by atoms with Gasteiger partial charge in [0.05, 0.1) is 0 Å². The van der Waals surface area contributed by atoms with Crippen LogP contribution in [0.1, 0.15) is 35.3 Å². The Morgan fingerprint density at radius 2 is 1.54 bits per heavy atom. The van der Waals surface area contributed by atoms with E-state index in [-0.39, 0.29) is 0 Å². The second kappa shape index (κ2) is 8.45. The van der Waals surface area contributed by atoms with Crippen LogP contribution in [-0.4, -0.2) is 46.1 Å². The van der Waals surface area contributed by atoms with Crippen LogP contribution in [0.4, 0.5) is 0 Å². The van der Waals surface area contributed by atoms with Gasteiger partial charge in [0.25, 0.3) is 5.91 Å². The predicted molar refractivity (Wildman–Crippen MR) is 102 cm³/mol. The minimum Gasteiger partial charge on any atom is -0.296 e. The lowest BCUT2D eigenvalue weighted by Crippen LogP contribution is -2.55. The lowest BCUT2D eigenvalue weighted by atomic mass is 10.0. The van der Waals surface area contributed by atoms with Crippen molar-refractivity contribution >= 4 is 5.91 Å². The Labute approximate surface area is 155 Å². The van der Waals surface area contributed by atoms with Crippen molar-refractivity contribution in [2.45, 2.75) is 39.0 Å². The molecule has 5 heteroatoms. The number of benzene rings is 2. The summed E-state index contributed by atoms with van der Waals surface area (Å²) >= 11 is 0. The van der Waals surface area contributed by atoms with Gasteiger partial charge in [0.1, 0.15) is 0 Å². The fourth-order valence-corrected chi connectivity index (χ4v) is 3.79. The number of nitrogens with one attached hydrogen (secondary N) is 1. The summed E-state index contributed by atoms with van der Waals surface area (Å²) in [5.41, 5.74) is 4.66. The van der Waals surface area contributed by atoms with Crippen LogP contribution in [0.2, 0.25) is 0 Å². The van der Waals surface area contributed by atoms with Gasteiger partial charge in [-0.25, -0.2) is 5.48 Å². The quantitative estimate of drug-likeness (QED) is 0.641. The van der Waals surface area contributed by atoms with Crippen LogP contribution < -0.4 is 5.48 Å². The summed E-state index contributed by atoms with van der Waals surface area (Å²) in [6.45, 7) is 8.49. The molecule has 1 aliphatic heterocycles. The summed E-state index contributed by atoms with van der Waals surface area (Å²) < 4.78 is 0. The zero-order valence-corrected chi connectivity index (χ0v) is 15.4. The third-order valence-corrected chi connectivity index (χ3v) is 5.11. The molecule has 1 aliphatic rings. The highest BCUT2D eigenvalue weighted by Gasteiger charge is 2.29. The molecular formula is C21H27N3O2. The van der Waals surface area contributed by atoms with Gasteiger partial charge in [-0.1, -0.05) is 42.5 Å². The van der Waals surface area contributed by atoms with E-state index in [1.54, 1.807) is 17.6 Å². The number of nitrogens with zero attached hydrogens (tertiary/aromatic N) is 2. The first kappa shape index (κ1) is 18.6. The average molecular weight is 353 g/mol. The molecule has 0 saturated carbocycles. The Bertz CT molecular complexity index is 706. The highest BCUT2D eigenvalue weighted by Crippen LogP contribution is 2.20. The van der Waals surface area contributed by atoms with Crippen LogP contribution >= 0.6 is 0 Å². The van der Waals surface area contributed by atoms with Gasteiger partial charge in [-0.2, -0.15) is 0 Å². The molecule has 0 bridgehead atoms. The normalized spacial score (nSPS) is 21.5. The molecule has 0 radical (unpaired) electrons. The molecule has 2 N–H and O–H groups in total. The van der Waals surface area contributed by atoms with Crippen molar-refractivity contribution in [3.05, 3.63) is 71.3 Å². The molecule has 1 amide bonds. The summed E-state index contributed by atoms with van der Waals surface area (Å²) in [6.07, 6.45) is 0. The Morgan fingerprint density at radius 1 is 0.962 bits per heavy atom. The van der Waals surface area contributed by atoms with Gasteiger partial charge in [-0.3, -0.25) is 19.8 Å². The smallest absolute Gasteiger partial charge is 0.274 e. The minimum absolute atomic E-state index is 0.464. The second-order valence-electron chi connectivity index (χ2n) is 7.19. The van der Waals surface area contributed by atoms with E-state index in [4.69, 9.17) is 5.21 Å². The molecule has 1 saturated heterocycles. The fourth-order valence-electron chi connectivity index (χ4n) is 3.79. The van der Waals surface area contributed by atoms with E-state index in [1.165, 1.54) is 11.1 Å². The van der Waals surface area contributed by atoms with Crippen molar-refractivity contribution in [3.8, 4) is 0 Å². The second-order valence-corrected chi connectivity index (χ2v) is 7.19. The number of carbonyl (C=O) groups excluding carboxylic acids is 1. The number of carbonyl (C=O) groups is 1. The van der Waals surface area contributed by atoms with Gasteiger partial charge >= 0.3 is 0 Å². The summed E-state index contributed by atoms with van der Waals surface area (Å²) in [4.78, 5) is 16.4. The molecule has 0 unspecified atom stereocenters. The van der Waals surface area contributed by atoms with Crippen LogP contribution in [0.15, 0.2) is 54.6 Å². The zero-order valence-electron chi connectivity index (χ0n) is 15.4. The molecule has 138 valence electrons. The van der Waals surface area contributed by atoms with E-state index >= 15 is 0 Å². The molecular weight excluding hydrogens is 326 g/mol. The van der Waals surface area contributed by atoms with Gasteiger partial charge in [-0.05, 0) is 37.1 Å². The number of piperazine rings is 1. The molecule has 0 aromatic heterocycles. The first-order valence-corrected chi connectivity index (χ1v) is 9.12. The van der Waals surface area contributed by atoms with Gasteiger partial charge in [0.2, 0.25) is 0 Å². The van der Waals surface area contributed by atoms with E-state index in [2.05, 4.69) is 54.0 Å².